The summed E-state index contributed by atoms with van der Waals surface area (Å²) in [5.41, 5.74) is -0.562. The minimum Gasteiger partial charge on any atom is -0.369 e. The summed E-state index contributed by atoms with van der Waals surface area (Å²) in [6, 6.07) is 6.77. The van der Waals surface area contributed by atoms with Crippen molar-refractivity contribution < 1.29 is 31.9 Å². The van der Waals surface area contributed by atoms with E-state index in [2.05, 4.69) is 5.32 Å². The molecular formula is C25H24F4N2O3. The Morgan fingerprint density at radius 1 is 1.15 bits per heavy atom. The average Bonchev–Trinajstić information content (AvgIpc) is 3.08. The maximum Gasteiger partial charge on any atom is 0.246 e. The van der Waals surface area contributed by atoms with Crippen molar-refractivity contribution in [2.75, 3.05) is 19.8 Å². The van der Waals surface area contributed by atoms with Crippen molar-refractivity contribution in [3.05, 3.63) is 59.4 Å². The summed E-state index contributed by atoms with van der Waals surface area (Å²) in [4.78, 5) is 26.9. The zero-order valence-electron chi connectivity index (χ0n) is 18.3. The molecule has 2 heterocycles. The Morgan fingerprint density at radius 2 is 1.88 bits per heavy atom. The van der Waals surface area contributed by atoms with E-state index in [0.29, 0.717) is 19.0 Å². The van der Waals surface area contributed by atoms with Crippen LogP contribution in [-0.2, 0) is 20.7 Å². The molecular weight excluding hydrogens is 452 g/mol. The number of carbonyl (C=O) groups excluding carboxylic acids is 2. The van der Waals surface area contributed by atoms with Gasteiger partial charge in [-0.15, -0.1) is 0 Å². The lowest BCUT2D eigenvalue weighted by atomic mass is 9.81. The largest absolute Gasteiger partial charge is 0.369 e. The number of nitrogens with one attached hydrogen (secondary N) is 1. The number of likely N-dealkylation sites (tertiary alicyclic amines) is 1. The van der Waals surface area contributed by atoms with Crippen LogP contribution < -0.4 is 5.32 Å². The van der Waals surface area contributed by atoms with E-state index in [0.717, 1.165) is 12.1 Å². The number of ether oxygens (including phenoxy) is 1. The van der Waals surface area contributed by atoms with Gasteiger partial charge in [0.25, 0.3) is 0 Å². The van der Waals surface area contributed by atoms with Crippen molar-refractivity contribution >= 4 is 11.8 Å². The SMILES string of the molecule is O=C1COC[C@@]2(CCN(C(=O)[C@H]3C[C@@H](F)C3)[C@H]2Cc2cccc(-c3cc(F)cc(F)c3)c2F)N1. The Bertz CT molecular complexity index is 1120. The van der Waals surface area contributed by atoms with E-state index >= 15 is 4.39 Å². The maximum absolute atomic E-state index is 15.6. The van der Waals surface area contributed by atoms with E-state index in [9.17, 15) is 22.8 Å². The third-order valence-electron chi connectivity index (χ3n) is 7.17. The molecule has 0 radical (unpaired) electrons. The molecule has 1 aliphatic carbocycles. The fourth-order valence-electron chi connectivity index (χ4n) is 5.36. The molecule has 1 saturated carbocycles. The van der Waals surface area contributed by atoms with Crippen LogP contribution in [0, 0.1) is 23.4 Å². The second kappa shape index (κ2) is 8.69. The normalized spacial score (nSPS) is 28.6. The number of rotatable bonds is 4. The Hall–Kier alpha value is -2.94. The first-order valence-electron chi connectivity index (χ1n) is 11.3. The molecule has 5 nitrogen and oxygen atoms in total. The lowest BCUT2D eigenvalue weighted by Crippen LogP contribution is -2.64. The minimum atomic E-state index is -0.998. The van der Waals surface area contributed by atoms with Gasteiger partial charge in [-0.3, -0.25) is 9.59 Å². The van der Waals surface area contributed by atoms with Crippen LogP contribution in [0.3, 0.4) is 0 Å². The van der Waals surface area contributed by atoms with Gasteiger partial charge in [-0.2, -0.15) is 0 Å². The molecule has 9 heteroatoms. The summed E-state index contributed by atoms with van der Waals surface area (Å²) >= 11 is 0. The molecule has 2 amide bonds. The van der Waals surface area contributed by atoms with Crippen molar-refractivity contribution in [1.82, 2.24) is 10.2 Å². The summed E-state index contributed by atoms with van der Waals surface area (Å²) in [6.45, 7) is 0.403. The molecule has 2 aliphatic heterocycles. The van der Waals surface area contributed by atoms with Crippen LogP contribution in [-0.4, -0.2) is 54.2 Å². The van der Waals surface area contributed by atoms with Crippen molar-refractivity contribution in [3.8, 4) is 11.1 Å². The van der Waals surface area contributed by atoms with Gasteiger partial charge in [0.2, 0.25) is 11.8 Å². The number of hydrogen-bond donors (Lipinski definition) is 1. The van der Waals surface area contributed by atoms with Crippen molar-refractivity contribution in [2.45, 2.75) is 43.4 Å². The van der Waals surface area contributed by atoms with Gasteiger partial charge in [0.05, 0.1) is 18.2 Å². The Balaban J connectivity index is 1.49. The van der Waals surface area contributed by atoms with Gasteiger partial charge in [-0.25, -0.2) is 17.6 Å². The van der Waals surface area contributed by atoms with Gasteiger partial charge in [-0.05, 0) is 48.9 Å². The van der Waals surface area contributed by atoms with Crippen LogP contribution in [0.15, 0.2) is 36.4 Å². The second-order valence-electron chi connectivity index (χ2n) is 9.40. The van der Waals surface area contributed by atoms with Crippen LogP contribution in [0.25, 0.3) is 11.1 Å². The highest BCUT2D eigenvalue weighted by Gasteiger charge is 2.53. The number of benzene rings is 2. The van der Waals surface area contributed by atoms with Gasteiger partial charge >= 0.3 is 0 Å². The predicted octanol–water partition coefficient (Wildman–Crippen LogP) is 3.55. The molecule has 0 aromatic heterocycles. The van der Waals surface area contributed by atoms with Crippen LogP contribution >= 0.6 is 0 Å². The van der Waals surface area contributed by atoms with Crippen molar-refractivity contribution in [3.63, 3.8) is 0 Å². The first-order valence-corrected chi connectivity index (χ1v) is 11.3. The number of morpholine rings is 1. The van der Waals surface area contributed by atoms with Crippen LogP contribution in [0.5, 0.6) is 0 Å². The standard InChI is InChI=1S/C25H24F4N2O3/c26-17-8-16(9-17)24(33)31-5-4-25(13-34-12-22(32)30-25)21(31)10-14-2-1-3-20(23(14)29)15-6-18(27)11-19(28)7-15/h1-3,6-7,11,16-17,21H,4-5,8-10,12-13H2,(H,30,32)/t16-,17+,21-,25+/m0/s1. The first-order chi connectivity index (χ1) is 16.3. The van der Waals surface area contributed by atoms with E-state index in [4.69, 9.17) is 4.74 Å². The third-order valence-corrected chi connectivity index (χ3v) is 7.17. The van der Waals surface area contributed by atoms with E-state index in [1.54, 1.807) is 17.0 Å². The average molecular weight is 476 g/mol. The first kappa shape index (κ1) is 22.8. The number of hydrogen-bond acceptors (Lipinski definition) is 3. The molecule has 1 N–H and O–H groups in total. The summed E-state index contributed by atoms with van der Waals surface area (Å²) in [7, 11) is 0. The lowest BCUT2D eigenvalue weighted by Gasteiger charge is -2.42. The highest BCUT2D eigenvalue weighted by Crippen LogP contribution is 2.39. The number of halogens is 4. The fourth-order valence-corrected chi connectivity index (χ4v) is 5.36. The van der Waals surface area contributed by atoms with Gasteiger partial charge in [-0.1, -0.05) is 18.2 Å². The number of amides is 2. The van der Waals surface area contributed by atoms with Gasteiger partial charge in [0.15, 0.2) is 0 Å². The molecule has 3 aliphatic rings. The van der Waals surface area contributed by atoms with E-state index < -0.39 is 41.1 Å². The summed E-state index contributed by atoms with van der Waals surface area (Å²) in [5, 5.41) is 2.96. The third kappa shape index (κ3) is 4.06. The molecule has 2 aromatic carbocycles. The molecule has 34 heavy (non-hydrogen) atoms. The lowest BCUT2D eigenvalue weighted by molar-refractivity contribution is -0.145. The highest BCUT2D eigenvalue weighted by molar-refractivity contribution is 5.82. The highest BCUT2D eigenvalue weighted by atomic mass is 19.1. The Kier molecular flexibility index (Phi) is 5.83. The molecule has 180 valence electrons. The zero-order chi connectivity index (χ0) is 24.0. The molecule has 3 fully saturated rings. The molecule has 5 rings (SSSR count). The minimum absolute atomic E-state index is 0.0315. The Morgan fingerprint density at radius 3 is 2.56 bits per heavy atom. The smallest absolute Gasteiger partial charge is 0.246 e. The molecule has 1 spiro atoms. The van der Waals surface area contributed by atoms with E-state index in [1.165, 1.54) is 6.07 Å². The zero-order valence-corrected chi connectivity index (χ0v) is 18.3. The van der Waals surface area contributed by atoms with E-state index in [1.807, 2.05) is 0 Å². The molecule has 2 atom stereocenters. The van der Waals surface area contributed by atoms with Crippen molar-refractivity contribution in [2.24, 2.45) is 5.92 Å². The quantitative estimate of drug-likeness (QED) is 0.687. The second-order valence-corrected chi connectivity index (χ2v) is 9.40. The van der Waals surface area contributed by atoms with Crippen LogP contribution in [0.1, 0.15) is 24.8 Å². The van der Waals surface area contributed by atoms with Gasteiger partial charge < -0.3 is 15.0 Å². The monoisotopic (exact) mass is 476 g/mol. The molecule has 0 bridgehead atoms. The summed E-state index contributed by atoms with van der Waals surface area (Å²) < 4.78 is 62.0. The number of nitrogens with zero attached hydrogens (tertiary/aromatic N) is 1. The fraction of sp³-hybridized carbons (Fsp3) is 0.440. The summed E-state index contributed by atoms with van der Waals surface area (Å²) in [5.74, 6) is -3.25. The predicted molar refractivity (Wildman–Crippen MR) is 115 cm³/mol. The topological polar surface area (TPSA) is 58.6 Å². The van der Waals surface area contributed by atoms with Crippen molar-refractivity contribution in [1.29, 1.82) is 0 Å². The molecule has 2 aromatic rings. The Labute approximate surface area is 194 Å². The number of carbonyl (C=O) groups is 2. The molecule has 2 saturated heterocycles. The van der Waals surface area contributed by atoms with Gasteiger partial charge in [0, 0.05) is 24.1 Å². The van der Waals surface area contributed by atoms with Crippen LogP contribution in [0.2, 0.25) is 0 Å². The maximum atomic E-state index is 15.6. The van der Waals surface area contributed by atoms with Gasteiger partial charge in [0.1, 0.15) is 30.2 Å². The molecule has 0 unspecified atom stereocenters. The number of alkyl halides is 1. The summed E-state index contributed by atoms with van der Waals surface area (Å²) in [6.07, 6.45) is -0.196. The van der Waals surface area contributed by atoms with E-state index in [-0.39, 0.29) is 61.0 Å². The van der Waals surface area contributed by atoms with Crippen LogP contribution in [0.4, 0.5) is 17.6 Å².